The molecule has 0 unspecified atom stereocenters. The number of hydrogen-bond acceptors (Lipinski definition) is 3. The Bertz CT molecular complexity index is 104. The third-order valence-corrected chi connectivity index (χ3v) is 1.70. The fourth-order valence-electron chi connectivity index (χ4n) is 0.849. The van der Waals surface area contributed by atoms with Crippen LogP contribution in [0.25, 0.3) is 0 Å². The number of carbonyl (C=O) groups excluding carboxylic acids is 1. The van der Waals surface area contributed by atoms with Crippen LogP contribution < -0.4 is 5.84 Å². The topological polar surface area (TPSA) is 49.6 Å². The van der Waals surface area contributed by atoms with Crippen LogP contribution in [0.3, 0.4) is 0 Å². The van der Waals surface area contributed by atoms with Gasteiger partial charge >= 0.3 is 0 Å². The summed E-state index contributed by atoms with van der Waals surface area (Å²) in [5, 5.41) is 1.16. The molecule has 0 bridgehead atoms. The summed E-state index contributed by atoms with van der Waals surface area (Å²) in [4.78, 5) is 12.3. The Morgan fingerprint density at radius 1 is 1.27 bits per heavy atom. The van der Waals surface area contributed by atoms with Gasteiger partial charge in [-0.15, -0.1) is 0 Å². The third kappa shape index (κ3) is 4.75. The Kier molecular flexibility index (Phi) is 5.78. The average molecular weight is 159 g/mol. The lowest BCUT2D eigenvalue weighted by Gasteiger charge is -2.19. The van der Waals surface area contributed by atoms with Gasteiger partial charge < -0.3 is 4.90 Å². The Balaban J connectivity index is 3.41. The van der Waals surface area contributed by atoms with Gasteiger partial charge in [0, 0.05) is 13.1 Å². The van der Waals surface area contributed by atoms with Crippen molar-refractivity contribution in [3.8, 4) is 0 Å². The maximum atomic E-state index is 10.1. The zero-order valence-corrected chi connectivity index (χ0v) is 7.29. The van der Waals surface area contributed by atoms with E-state index in [2.05, 4.69) is 18.7 Å². The van der Waals surface area contributed by atoms with Crippen LogP contribution >= 0.6 is 0 Å². The zero-order valence-electron chi connectivity index (χ0n) is 7.29. The zero-order chi connectivity index (χ0) is 8.69. The molecule has 0 aromatic rings. The third-order valence-electron chi connectivity index (χ3n) is 1.70. The molecule has 0 rings (SSSR count). The lowest BCUT2D eigenvalue weighted by molar-refractivity contribution is -0.118. The fraction of sp³-hybridized carbons (Fsp3) is 0.857. The first-order valence-electron chi connectivity index (χ1n) is 3.93. The number of likely N-dealkylation sites (N-methyl/N-ethyl adjacent to an activating group) is 1. The van der Waals surface area contributed by atoms with Crippen LogP contribution in [-0.4, -0.2) is 42.5 Å². The highest BCUT2D eigenvalue weighted by Gasteiger charge is 1.99. The van der Waals surface area contributed by atoms with E-state index in [0.717, 1.165) is 19.6 Å². The molecule has 0 aliphatic heterocycles. The summed E-state index contributed by atoms with van der Waals surface area (Å²) in [5.41, 5.74) is 0. The molecule has 66 valence electrons. The number of nitrogens with two attached hydrogens (primary N) is 1. The lowest BCUT2D eigenvalue weighted by Crippen LogP contribution is -2.38. The Morgan fingerprint density at radius 2 is 1.82 bits per heavy atom. The molecule has 0 fully saturated rings. The van der Waals surface area contributed by atoms with Crippen molar-refractivity contribution in [3.63, 3.8) is 0 Å². The highest BCUT2D eigenvalue weighted by Crippen LogP contribution is 1.85. The van der Waals surface area contributed by atoms with E-state index in [4.69, 9.17) is 5.84 Å². The van der Waals surface area contributed by atoms with Crippen LogP contribution in [0, 0.1) is 0 Å². The van der Waals surface area contributed by atoms with Gasteiger partial charge in [0.1, 0.15) is 0 Å². The predicted octanol–water partition coefficient (Wildman–Crippen LogP) is -0.340. The molecule has 0 heterocycles. The second-order valence-corrected chi connectivity index (χ2v) is 2.37. The standard InChI is InChI=1S/C7H17N3O/c1-3-9(4-2)5-6-10(8)7-11/h7H,3-6,8H2,1-2H3. The Hall–Kier alpha value is -0.610. The van der Waals surface area contributed by atoms with Gasteiger partial charge in [0.25, 0.3) is 0 Å². The molecule has 11 heavy (non-hydrogen) atoms. The van der Waals surface area contributed by atoms with Gasteiger partial charge in [-0.3, -0.25) is 9.80 Å². The monoisotopic (exact) mass is 159 g/mol. The highest BCUT2D eigenvalue weighted by atomic mass is 16.1. The van der Waals surface area contributed by atoms with Gasteiger partial charge in [0.05, 0.1) is 0 Å². The summed E-state index contributed by atoms with van der Waals surface area (Å²) >= 11 is 0. The molecule has 0 spiro atoms. The van der Waals surface area contributed by atoms with E-state index in [1.165, 1.54) is 5.01 Å². The average Bonchev–Trinajstić information content (AvgIpc) is 2.06. The van der Waals surface area contributed by atoms with E-state index >= 15 is 0 Å². The summed E-state index contributed by atoms with van der Waals surface area (Å²) in [6.07, 6.45) is 0.642. The number of hydrazine groups is 1. The molecule has 0 saturated heterocycles. The van der Waals surface area contributed by atoms with Crippen LogP contribution in [0.1, 0.15) is 13.8 Å². The molecule has 4 nitrogen and oxygen atoms in total. The second-order valence-electron chi connectivity index (χ2n) is 2.37. The van der Waals surface area contributed by atoms with Crippen molar-refractivity contribution in [2.45, 2.75) is 13.8 Å². The van der Waals surface area contributed by atoms with Crippen LogP contribution in [0.5, 0.6) is 0 Å². The number of rotatable bonds is 6. The molecule has 0 aliphatic rings. The maximum Gasteiger partial charge on any atom is 0.223 e. The van der Waals surface area contributed by atoms with Crippen molar-refractivity contribution in [1.82, 2.24) is 9.91 Å². The van der Waals surface area contributed by atoms with E-state index in [-0.39, 0.29) is 0 Å². The minimum atomic E-state index is 0.602. The maximum absolute atomic E-state index is 10.1. The summed E-state index contributed by atoms with van der Waals surface area (Å²) < 4.78 is 0. The fourth-order valence-corrected chi connectivity index (χ4v) is 0.849. The molecule has 0 aliphatic carbocycles. The minimum Gasteiger partial charge on any atom is -0.302 e. The van der Waals surface area contributed by atoms with Gasteiger partial charge in [-0.1, -0.05) is 13.8 Å². The molecular weight excluding hydrogens is 142 g/mol. The quantitative estimate of drug-likeness (QED) is 0.250. The molecular formula is C7H17N3O. The van der Waals surface area contributed by atoms with E-state index in [0.29, 0.717) is 13.0 Å². The summed E-state index contributed by atoms with van der Waals surface area (Å²) in [6, 6.07) is 0. The van der Waals surface area contributed by atoms with E-state index in [1.807, 2.05) is 0 Å². The molecule has 0 aromatic heterocycles. The molecule has 1 amide bonds. The van der Waals surface area contributed by atoms with Crippen molar-refractivity contribution in [1.29, 1.82) is 0 Å². The first-order valence-corrected chi connectivity index (χ1v) is 3.93. The van der Waals surface area contributed by atoms with Crippen molar-refractivity contribution in [2.75, 3.05) is 26.2 Å². The highest BCUT2D eigenvalue weighted by molar-refractivity contribution is 5.45. The summed E-state index contributed by atoms with van der Waals surface area (Å²) in [6.45, 7) is 7.64. The Labute approximate surface area is 67.9 Å². The van der Waals surface area contributed by atoms with Crippen molar-refractivity contribution in [3.05, 3.63) is 0 Å². The predicted molar refractivity (Wildman–Crippen MR) is 44.7 cm³/mol. The van der Waals surface area contributed by atoms with Crippen LogP contribution in [-0.2, 0) is 4.79 Å². The van der Waals surface area contributed by atoms with Gasteiger partial charge in [-0.2, -0.15) is 0 Å². The van der Waals surface area contributed by atoms with Crippen LogP contribution in [0.15, 0.2) is 0 Å². The molecule has 0 radical (unpaired) electrons. The lowest BCUT2D eigenvalue weighted by atomic mass is 10.4. The first kappa shape index (κ1) is 10.4. The number of amides is 1. The van der Waals surface area contributed by atoms with Crippen LogP contribution in [0.4, 0.5) is 0 Å². The van der Waals surface area contributed by atoms with Crippen molar-refractivity contribution >= 4 is 6.41 Å². The molecule has 4 heteroatoms. The van der Waals surface area contributed by atoms with Gasteiger partial charge in [0.15, 0.2) is 0 Å². The minimum absolute atomic E-state index is 0.602. The smallest absolute Gasteiger partial charge is 0.223 e. The summed E-state index contributed by atoms with van der Waals surface area (Å²) in [7, 11) is 0. The molecule has 0 aromatic carbocycles. The SMILES string of the molecule is CCN(CC)CCN(N)C=O. The first-order chi connectivity index (χ1) is 5.24. The summed E-state index contributed by atoms with van der Waals surface area (Å²) in [5.74, 6) is 5.27. The number of carbonyl (C=O) groups is 1. The van der Waals surface area contributed by atoms with Crippen molar-refractivity contribution in [2.24, 2.45) is 5.84 Å². The van der Waals surface area contributed by atoms with Crippen LogP contribution in [0.2, 0.25) is 0 Å². The normalized spacial score (nSPS) is 10.2. The van der Waals surface area contributed by atoms with E-state index < -0.39 is 0 Å². The number of hydrogen-bond donors (Lipinski definition) is 1. The van der Waals surface area contributed by atoms with E-state index in [1.54, 1.807) is 0 Å². The van der Waals surface area contributed by atoms with E-state index in [9.17, 15) is 4.79 Å². The number of nitrogens with zero attached hydrogens (tertiary/aromatic N) is 2. The largest absolute Gasteiger partial charge is 0.302 e. The second kappa shape index (κ2) is 6.12. The van der Waals surface area contributed by atoms with Crippen molar-refractivity contribution < 1.29 is 4.79 Å². The molecule has 0 saturated carbocycles. The van der Waals surface area contributed by atoms with Gasteiger partial charge in [-0.05, 0) is 13.1 Å². The van der Waals surface area contributed by atoms with Gasteiger partial charge in [0.2, 0.25) is 6.41 Å². The van der Waals surface area contributed by atoms with Gasteiger partial charge in [-0.25, -0.2) is 5.84 Å². The molecule has 0 atom stereocenters. The Morgan fingerprint density at radius 3 is 2.18 bits per heavy atom. The molecule has 2 N–H and O–H groups in total.